The van der Waals surface area contributed by atoms with Gasteiger partial charge in [-0.2, -0.15) is 0 Å². The minimum absolute atomic E-state index is 0.174. The molecule has 0 amide bonds. The normalized spacial score (nSPS) is 21.9. The number of hydrogen-bond acceptors (Lipinski definition) is 4. The highest BCUT2D eigenvalue weighted by Crippen LogP contribution is 2.08. The van der Waals surface area contributed by atoms with Crippen molar-refractivity contribution >= 4 is 0 Å². The molecule has 1 fully saturated rings. The highest BCUT2D eigenvalue weighted by Gasteiger charge is 2.21. The molecule has 1 aromatic rings. The molecule has 1 N–H and O–H groups in total. The predicted molar refractivity (Wildman–Crippen MR) is 64.8 cm³/mol. The van der Waals surface area contributed by atoms with Crippen LogP contribution in [-0.4, -0.2) is 58.5 Å². The Balaban J connectivity index is 1.75. The number of aliphatic hydroxyl groups excluding tert-OH is 1. The minimum Gasteiger partial charge on any atom is -0.395 e. The molecular weight excluding hydrogens is 218 g/mol. The summed E-state index contributed by atoms with van der Waals surface area (Å²) < 4.78 is 7.52. The van der Waals surface area contributed by atoms with Crippen molar-refractivity contribution in [1.29, 1.82) is 0 Å². The number of ether oxygens (including phenoxy) is 1. The Morgan fingerprint density at radius 3 is 3.12 bits per heavy atom. The largest absolute Gasteiger partial charge is 0.395 e. The number of imidazole rings is 1. The van der Waals surface area contributed by atoms with E-state index in [1.807, 2.05) is 19.3 Å². The zero-order valence-corrected chi connectivity index (χ0v) is 10.4. The van der Waals surface area contributed by atoms with Gasteiger partial charge in [-0.05, 0) is 13.3 Å². The van der Waals surface area contributed by atoms with Gasteiger partial charge in [0.2, 0.25) is 0 Å². The Labute approximate surface area is 102 Å². The number of aliphatic hydroxyl groups is 1. The molecule has 0 bridgehead atoms. The maximum Gasteiger partial charge on any atom is 0.105 e. The highest BCUT2D eigenvalue weighted by molar-refractivity contribution is 4.88. The third-order valence-corrected chi connectivity index (χ3v) is 3.33. The molecule has 0 aliphatic carbocycles. The van der Waals surface area contributed by atoms with Gasteiger partial charge in [0.25, 0.3) is 0 Å². The fourth-order valence-electron chi connectivity index (χ4n) is 2.24. The average molecular weight is 239 g/mol. The van der Waals surface area contributed by atoms with Crippen LogP contribution in [0.1, 0.15) is 12.2 Å². The lowest BCUT2D eigenvalue weighted by atomic mass is 10.2. The van der Waals surface area contributed by atoms with E-state index in [1.165, 1.54) is 0 Å². The van der Waals surface area contributed by atoms with Crippen molar-refractivity contribution in [3.63, 3.8) is 0 Å². The summed E-state index contributed by atoms with van der Waals surface area (Å²) in [6.07, 6.45) is 4.92. The first-order valence-corrected chi connectivity index (χ1v) is 6.21. The van der Waals surface area contributed by atoms with E-state index in [4.69, 9.17) is 4.74 Å². The van der Waals surface area contributed by atoms with Crippen LogP contribution < -0.4 is 0 Å². The zero-order valence-electron chi connectivity index (χ0n) is 10.4. The quantitative estimate of drug-likeness (QED) is 0.801. The van der Waals surface area contributed by atoms with Gasteiger partial charge in [0, 0.05) is 32.0 Å². The molecule has 17 heavy (non-hydrogen) atoms. The first-order valence-electron chi connectivity index (χ1n) is 6.21. The molecule has 0 radical (unpaired) electrons. The summed E-state index contributed by atoms with van der Waals surface area (Å²) in [7, 11) is 0. The number of rotatable bonds is 5. The summed E-state index contributed by atoms with van der Waals surface area (Å²) in [5.74, 6) is 1.06. The smallest absolute Gasteiger partial charge is 0.105 e. The average Bonchev–Trinajstić information content (AvgIpc) is 2.76. The Kier molecular flexibility index (Phi) is 4.53. The van der Waals surface area contributed by atoms with Gasteiger partial charge >= 0.3 is 0 Å². The Hall–Kier alpha value is -0.910. The molecule has 1 atom stereocenters. The van der Waals surface area contributed by atoms with E-state index in [1.54, 1.807) is 0 Å². The molecular formula is C12H21N3O2. The van der Waals surface area contributed by atoms with Crippen molar-refractivity contribution < 1.29 is 9.84 Å². The van der Waals surface area contributed by atoms with Crippen LogP contribution in [0.15, 0.2) is 12.4 Å². The van der Waals surface area contributed by atoms with Crippen molar-refractivity contribution in [2.45, 2.75) is 25.9 Å². The van der Waals surface area contributed by atoms with E-state index in [2.05, 4.69) is 14.5 Å². The second-order valence-electron chi connectivity index (χ2n) is 4.47. The predicted octanol–water partition coefficient (Wildman–Crippen LogP) is 0.275. The van der Waals surface area contributed by atoms with E-state index in [0.29, 0.717) is 6.61 Å². The van der Waals surface area contributed by atoms with Gasteiger partial charge in [-0.3, -0.25) is 4.90 Å². The maximum absolute atomic E-state index is 9.25. The van der Waals surface area contributed by atoms with Gasteiger partial charge in [-0.25, -0.2) is 4.98 Å². The molecule has 1 saturated heterocycles. The van der Waals surface area contributed by atoms with Crippen LogP contribution in [0.5, 0.6) is 0 Å². The Bertz CT molecular complexity index is 340. The molecule has 1 aliphatic heterocycles. The number of hydrogen-bond donors (Lipinski definition) is 1. The molecule has 1 aliphatic rings. The third kappa shape index (κ3) is 3.28. The van der Waals surface area contributed by atoms with E-state index >= 15 is 0 Å². The summed E-state index contributed by atoms with van der Waals surface area (Å²) in [6, 6.07) is 0.174. The Morgan fingerprint density at radius 2 is 2.41 bits per heavy atom. The molecule has 0 spiro atoms. The van der Waals surface area contributed by atoms with Crippen LogP contribution in [0.4, 0.5) is 0 Å². The lowest BCUT2D eigenvalue weighted by Crippen LogP contribution is -2.47. The zero-order chi connectivity index (χ0) is 12.1. The van der Waals surface area contributed by atoms with Gasteiger partial charge in [0.05, 0.1) is 25.9 Å². The van der Waals surface area contributed by atoms with E-state index in [9.17, 15) is 5.11 Å². The number of nitrogens with zero attached hydrogens (tertiary/aromatic N) is 3. The first-order chi connectivity index (χ1) is 8.31. The van der Waals surface area contributed by atoms with E-state index in [-0.39, 0.29) is 12.6 Å². The molecule has 0 saturated carbocycles. The molecule has 1 aromatic heterocycles. The van der Waals surface area contributed by atoms with Crippen LogP contribution >= 0.6 is 0 Å². The molecule has 5 nitrogen and oxygen atoms in total. The van der Waals surface area contributed by atoms with Crippen molar-refractivity contribution in [1.82, 2.24) is 14.5 Å². The van der Waals surface area contributed by atoms with Gasteiger partial charge < -0.3 is 14.4 Å². The molecule has 5 heteroatoms. The Morgan fingerprint density at radius 1 is 1.53 bits per heavy atom. The molecule has 0 aromatic carbocycles. The van der Waals surface area contributed by atoms with E-state index in [0.717, 1.165) is 38.5 Å². The maximum atomic E-state index is 9.25. The van der Waals surface area contributed by atoms with E-state index < -0.39 is 0 Å². The lowest BCUT2D eigenvalue weighted by Gasteiger charge is -2.34. The molecule has 2 heterocycles. The van der Waals surface area contributed by atoms with Gasteiger partial charge in [-0.1, -0.05) is 0 Å². The SMILES string of the molecule is Cc1nccn1CCCN1CCOC[C@@H]1CO. The van der Waals surface area contributed by atoms with Crippen LogP contribution in [0, 0.1) is 6.92 Å². The summed E-state index contributed by atoms with van der Waals surface area (Å²) in [5, 5.41) is 9.25. The van der Waals surface area contributed by atoms with Crippen molar-refractivity contribution in [2.24, 2.45) is 0 Å². The summed E-state index contributed by atoms with van der Waals surface area (Å²) >= 11 is 0. The fraction of sp³-hybridized carbons (Fsp3) is 0.750. The van der Waals surface area contributed by atoms with Gasteiger partial charge in [0.15, 0.2) is 0 Å². The monoisotopic (exact) mass is 239 g/mol. The minimum atomic E-state index is 0.174. The number of aromatic nitrogens is 2. The summed E-state index contributed by atoms with van der Waals surface area (Å²) in [4.78, 5) is 6.52. The van der Waals surface area contributed by atoms with Crippen molar-refractivity contribution in [2.75, 3.05) is 32.9 Å². The lowest BCUT2D eigenvalue weighted by molar-refractivity contribution is -0.0280. The van der Waals surface area contributed by atoms with Gasteiger partial charge in [-0.15, -0.1) is 0 Å². The second kappa shape index (κ2) is 6.14. The first kappa shape index (κ1) is 12.5. The molecule has 0 unspecified atom stereocenters. The van der Waals surface area contributed by atoms with Crippen LogP contribution in [0.2, 0.25) is 0 Å². The van der Waals surface area contributed by atoms with Crippen LogP contribution in [0.3, 0.4) is 0 Å². The summed E-state index contributed by atoms with van der Waals surface area (Å²) in [5.41, 5.74) is 0. The summed E-state index contributed by atoms with van der Waals surface area (Å²) in [6.45, 7) is 6.55. The van der Waals surface area contributed by atoms with Crippen LogP contribution in [0.25, 0.3) is 0 Å². The fourth-order valence-corrected chi connectivity index (χ4v) is 2.24. The third-order valence-electron chi connectivity index (χ3n) is 3.33. The number of morpholine rings is 1. The molecule has 2 rings (SSSR count). The number of aryl methyl sites for hydroxylation is 2. The highest BCUT2D eigenvalue weighted by atomic mass is 16.5. The second-order valence-corrected chi connectivity index (χ2v) is 4.47. The topological polar surface area (TPSA) is 50.5 Å². The van der Waals surface area contributed by atoms with Crippen LogP contribution in [-0.2, 0) is 11.3 Å². The van der Waals surface area contributed by atoms with Crippen molar-refractivity contribution in [3.8, 4) is 0 Å². The van der Waals surface area contributed by atoms with Crippen molar-refractivity contribution in [3.05, 3.63) is 18.2 Å². The molecule has 96 valence electrons. The van der Waals surface area contributed by atoms with Gasteiger partial charge in [0.1, 0.15) is 5.82 Å². The standard InChI is InChI=1S/C12H21N3O2/c1-11-13-3-6-14(11)4-2-5-15-7-8-17-10-12(15)9-16/h3,6,12,16H,2,4-5,7-10H2,1H3/t12-/m0/s1.